The number of rotatable bonds is 8. The van der Waals surface area contributed by atoms with Crippen LogP contribution in [0.1, 0.15) is 22.5 Å². The molecule has 186 valence electrons. The van der Waals surface area contributed by atoms with Gasteiger partial charge in [-0.2, -0.15) is 13.2 Å². The van der Waals surface area contributed by atoms with Gasteiger partial charge in [0, 0.05) is 46.0 Å². The molecule has 1 aromatic carbocycles. The Morgan fingerprint density at radius 2 is 1.88 bits per heavy atom. The fourth-order valence-corrected chi connectivity index (χ4v) is 4.70. The summed E-state index contributed by atoms with van der Waals surface area (Å²) in [5, 5.41) is 0. The molecule has 2 fully saturated rings. The minimum absolute atomic E-state index is 0.0359. The van der Waals surface area contributed by atoms with Crippen molar-refractivity contribution in [2.75, 3.05) is 26.2 Å². The Balaban J connectivity index is 1.42. The number of hydrogen-bond donors (Lipinski definition) is 0. The molecule has 0 bridgehead atoms. The molecule has 1 saturated heterocycles. The lowest BCUT2D eigenvalue weighted by Gasteiger charge is -2.25. The van der Waals surface area contributed by atoms with Gasteiger partial charge in [0.15, 0.2) is 0 Å². The predicted molar refractivity (Wildman–Crippen MR) is 109 cm³/mol. The third kappa shape index (κ3) is 6.22. The number of piperidine rings is 1. The smallest absolute Gasteiger partial charge is 0.406 e. The molecule has 1 amide bonds. The second kappa shape index (κ2) is 9.12. The topological polar surface area (TPSA) is 50.6 Å². The first kappa shape index (κ1) is 24.4. The summed E-state index contributed by atoms with van der Waals surface area (Å²) in [4.78, 5) is 20.6. The van der Waals surface area contributed by atoms with E-state index < -0.39 is 19.0 Å². The standard InChI is InChI=1S/C22H24F6N4O2/c1-30-12-19(29-13-30)20(33)32(8-14-3-2-4-15(7-14)34-22(26,27)28)11-18-16-9-31(10-17(16)18)6-5-21(23,24)25/h2-4,7,12-13,16-18H,5-6,8-11H2,1H3. The molecule has 2 aliphatic rings. The fraction of sp³-hybridized carbons (Fsp3) is 0.545. The van der Waals surface area contributed by atoms with Crippen LogP contribution in [0.25, 0.3) is 0 Å². The van der Waals surface area contributed by atoms with Crippen molar-refractivity contribution in [3.63, 3.8) is 0 Å². The number of amides is 1. The van der Waals surface area contributed by atoms with E-state index in [1.807, 2.05) is 0 Å². The minimum atomic E-state index is -4.83. The number of benzene rings is 1. The number of halogens is 6. The number of carbonyl (C=O) groups is 1. The number of likely N-dealkylation sites (tertiary alicyclic amines) is 1. The largest absolute Gasteiger partial charge is 0.573 e. The zero-order chi connectivity index (χ0) is 24.7. The second-order valence-corrected chi connectivity index (χ2v) is 8.92. The summed E-state index contributed by atoms with van der Waals surface area (Å²) in [5.74, 6) is -0.204. The molecule has 12 heteroatoms. The van der Waals surface area contributed by atoms with Crippen molar-refractivity contribution < 1.29 is 35.9 Å². The molecule has 2 atom stereocenters. The zero-order valence-electron chi connectivity index (χ0n) is 18.3. The van der Waals surface area contributed by atoms with Gasteiger partial charge in [0.05, 0.1) is 12.7 Å². The van der Waals surface area contributed by atoms with E-state index in [0.29, 0.717) is 25.2 Å². The molecule has 2 unspecified atom stereocenters. The molecule has 0 radical (unpaired) electrons. The Kier molecular flexibility index (Phi) is 6.54. The molecular weight excluding hydrogens is 466 g/mol. The van der Waals surface area contributed by atoms with Gasteiger partial charge < -0.3 is 19.1 Å². The lowest BCUT2D eigenvalue weighted by atomic mass is 10.1. The Bertz CT molecular complexity index is 1010. The van der Waals surface area contributed by atoms with Gasteiger partial charge >= 0.3 is 12.5 Å². The lowest BCUT2D eigenvalue weighted by Crippen LogP contribution is -2.35. The van der Waals surface area contributed by atoms with Crippen LogP contribution in [0.2, 0.25) is 0 Å². The van der Waals surface area contributed by atoms with Crippen LogP contribution in [-0.4, -0.2) is 64.0 Å². The van der Waals surface area contributed by atoms with Gasteiger partial charge in [-0.15, -0.1) is 13.2 Å². The number of ether oxygens (including phenoxy) is 1. The van der Waals surface area contributed by atoms with Crippen LogP contribution in [0.15, 0.2) is 36.8 Å². The second-order valence-electron chi connectivity index (χ2n) is 8.92. The highest BCUT2D eigenvalue weighted by molar-refractivity contribution is 5.92. The maximum atomic E-state index is 13.1. The van der Waals surface area contributed by atoms with E-state index in [-0.39, 0.29) is 48.2 Å². The Labute approximate surface area is 192 Å². The minimum Gasteiger partial charge on any atom is -0.406 e. The molecule has 6 nitrogen and oxygen atoms in total. The summed E-state index contributed by atoms with van der Waals surface area (Å²) < 4.78 is 80.8. The van der Waals surface area contributed by atoms with Crippen molar-refractivity contribution >= 4 is 5.91 Å². The molecule has 4 rings (SSSR count). The number of imidazole rings is 1. The number of nitrogens with zero attached hydrogens (tertiary/aromatic N) is 4. The van der Waals surface area contributed by atoms with Crippen LogP contribution in [-0.2, 0) is 13.6 Å². The average molecular weight is 490 g/mol. The summed E-state index contributed by atoms with van der Waals surface area (Å²) in [6, 6.07) is 5.44. The van der Waals surface area contributed by atoms with Gasteiger partial charge in [-0.25, -0.2) is 4.98 Å². The quantitative estimate of drug-likeness (QED) is 0.524. The summed E-state index contributed by atoms with van der Waals surface area (Å²) >= 11 is 0. The fourth-order valence-electron chi connectivity index (χ4n) is 4.70. The summed E-state index contributed by atoms with van der Waals surface area (Å²) in [6.07, 6.45) is -6.83. The van der Waals surface area contributed by atoms with Crippen LogP contribution < -0.4 is 4.74 Å². The molecular formula is C22H24F6N4O2. The Morgan fingerprint density at radius 3 is 2.47 bits per heavy atom. The van der Waals surface area contributed by atoms with Crippen LogP contribution in [0.4, 0.5) is 26.3 Å². The van der Waals surface area contributed by atoms with Crippen LogP contribution >= 0.6 is 0 Å². The van der Waals surface area contributed by atoms with E-state index in [0.717, 1.165) is 0 Å². The van der Waals surface area contributed by atoms with Crippen molar-refractivity contribution in [1.29, 1.82) is 0 Å². The highest BCUT2D eigenvalue weighted by Crippen LogP contribution is 2.52. The Hall–Kier alpha value is -2.76. The number of aromatic nitrogens is 2. The van der Waals surface area contributed by atoms with Gasteiger partial charge in [-0.05, 0) is 35.4 Å². The Morgan fingerprint density at radius 1 is 1.18 bits per heavy atom. The first-order chi connectivity index (χ1) is 15.9. The maximum absolute atomic E-state index is 13.1. The number of hydrogen-bond acceptors (Lipinski definition) is 4. The van der Waals surface area contributed by atoms with Crippen molar-refractivity contribution in [3.8, 4) is 5.75 Å². The molecule has 0 N–H and O–H groups in total. The molecule has 0 spiro atoms. The third-order valence-corrected chi connectivity index (χ3v) is 6.31. The van der Waals surface area contributed by atoms with Crippen LogP contribution in [0.5, 0.6) is 5.75 Å². The van der Waals surface area contributed by atoms with E-state index in [2.05, 4.69) is 9.72 Å². The maximum Gasteiger partial charge on any atom is 0.573 e. The number of carbonyl (C=O) groups excluding carboxylic acids is 1. The molecule has 1 aromatic heterocycles. The monoisotopic (exact) mass is 490 g/mol. The van der Waals surface area contributed by atoms with Gasteiger partial charge in [0.25, 0.3) is 5.91 Å². The SMILES string of the molecule is Cn1cnc(C(=O)N(Cc2cccc(OC(F)(F)F)c2)CC2C3CN(CCC(F)(F)F)CC32)c1. The number of alkyl halides is 6. The van der Waals surface area contributed by atoms with Crippen molar-refractivity contribution in [1.82, 2.24) is 19.4 Å². The van der Waals surface area contributed by atoms with Crippen molar-refractivity contribution in [2.24, 2.45) is 24.8 Å². The molecule has 2 heterocycles. The lowest BCUT2D eigenvalue weighted by molar-refractivity contribution is -0.274. The highest BCUT2D eigenvalue weighted by Gasteiger charge is 2.56. The van der Waals surface area contributed by atoms with Crippen molar-refractivity contribution in [2.45, 2.75) is 25.5 Å². The van der Waals surface area contributed by atoms with Crippen molar-refractivity contribution in [3.05, 3.63) is 48.0 Å². The third-order valence-electron chi connectivity index (χ3n) is 6.31. The van der Waals surface area contributed by atoms with E-state index >= 15 is 0 Å². The summed E-state index contributed by atoms with van der Waals surface area (Å²) in [5.41, 5.74) is 0.673. The molecule has 1 aliphatic carbocycles. The number of aryl methyl sites for hydroxylation is 1. The van der Waals surface area contributed by atoms with Crippen LogP contribution in [0, 0.1) is 17.8 Å². The van der Waals surface area contributed by atoms with Gasteiger partial charge in [-0.1, -0.05) is 12.1 Å². The molecule has 2 aromatic rings. The highest BCUT2D eigenvalue weighted by atomic mass is 19.4. The van der Waals surface area contributed by atoms with E-state index in [1.54, 1.807) is 28.8 Å². The molecule has 1 aliphatic heterocycles. The van der Waals surface area contributed by atoms with E-state index in [9.17, 15) is 31.1 Å². The van der Waals surface area contributed by atoms with Gasteiger partial charge in [-0.3, -0.25) is 4.79 Å². The predicted octanol–water partition coefficient (Wildman–Crippen LogP) is 4.09. The normalized spacial score (nSPS) is 22.5. The summed E-state index contributed by atoms with van der Waals surface area (Å²) in [6.45, 7) is 1.46. The molecule has 34 heavy (non-hydrogen) atoms. The van der Waals surface area contributed by atoms with Gasteiger partial charge in [0.1, 0.15) is 11.4 Å². The van der Waals surface area contributed by atoms with Crippen LogP contribution in [0.3, 0.4) is 0 Å². The van der Waals surface area contributed by atoms with Gasteiger partial charge in [0.2, 0.25) is 0 Å². The molecule has 1 saturated carbocycles. The average Bonchev–Trinajstić information content (AvgIpc) is 3.07. The first-order valence-electron chi connectivity index (χ1n) is 10.8. The number of fused-ring (bicyclic) bond motifs is 1. The van der Waals surface area contributed by atoms with E-state index in [4.69, 9.17) is 0 Å². The zero-order valence-corrected chi connectivity index (χ0v) is 18.3. The van der Waals surface area contributed by atoms with E-state index in [1.165, 1.54) is 29.4 Å². The first-order valence-corrected chi connectivity index (χ1v) is 10.8. The summed E-state index contributed by atoms with van der Waals surface area (Å²) in [7, 11) is 1.72.